The maximum absolute atomic E-state index is 12.5. The zero-order chi connectivity index (χ0) is 46.8. The van der Waals surface area contributed by atoms with Gasteiger partial charge < -0.3 is 5.11 Å². The van der Waals surface area contributed by atoms with Crippen molar-refractivity contribution in [3.8, 4) is 67.5 Å². The zero-order valence-corrected chi connectivity index (χ0v) is 41.1. The van der Waals surface area contributed by atoms with Crippen molar-refractivity contribution >= 4 is 11.0 Å². The summed E-state index contributed by atoms with van der Waals surface area (Å²) in [6.45, 7) is 31.3. The zero-order valence-electron chi connectivity index (χ0n) is 41.1. The van der Waals surface area contributed by atoms with Crippen molar-refractivity contribution in [2.75, 3.05) is 0 Å². The molecular weight excluding hydrogens is 791 g/mol. The number of phenolic OH excluding ortho intramolecular Hbond substituents is 1. The van der Waals surface area contributed by atoms with E-state index in [1.165, 1.54) is 33.4 Å². The van der Waals surface area contributed by atoms with Crippen molar-refractivity contribution in [1.29, 1.82) is 0 Å². The van der Waals surface area contributed by atoms with Crippen LogP contribution in [0, 0.1) is 0 Å². The summed E-state index contributed by atoms with van der Waals surface area (Å²) in [4.78, 5) is 10.6. The minimum atomic E-state index is -0.314. The summed E-state index contributed by atoms with van der Waals surface area (Å²) in [5.41, 5.74) is 17.4. The fourth-order valence-electron chi connectivity index (χ4n) is 8.94. The normalized spacial score (nSPS) is 12.7. The molecule has 0 radical (unpaired) electrons. The molecule has 0 spiro atoms. The number of imidazole rings is 1. The molecule has 0 bridgehead atoms. The van der Waals surface area contributed by atoms with Gasteiger partial charge in [0.25, 0.3) is 0 Å². The standard InChI is InChI=1S/C61H67N3O/c1-38(2)39-23-25-40(26-24-39)42-29-30-62-53(34-42)44-31-43(32-45(33-44)58(3,4)5)49-21-18-22-54-55(49)63-57(50-35-46(59(6,7)8)36-52(56(50)65)61(12,13)14)64(54)47-27-28-48(41-19-16-15-17-20-41)51(37-47)60(9,10)11/h15-38,65H,1-14H3. The van der Waals surface area contributed by atoms with Crippen LogP contribution in [0.25, 0.3) is 72.7 Å². The first-order chi connectivity index (χ1) is 30.5. The van der Waals surface area contributed by atoms with Crippen molar-refractivity contribution in [2.24, 2.45) is 0 Å². The molecule has 2 aromatic heterocycles. The van der Waals surface area contributed by atoms with Crippen LogP contribution >= 0.6 is 0 Å². The Bertz CT molecular complexity index is 3030. The molecule has 4 heteroatoms. The van der Waals surface area contributed by atoms with Crippen LogP contribution in [0.4, 0.5) is 0 Å². The van der Waals surface area contributed by atoms with E-state index < -0.39 is 0 Å². The summed E-state index contributed by atoms with van der Waals surface area (Å²) in [5.74, 6) is 1.45. The predicted molar refractivity (Wildman–Crippen MR) is 277 cm³/mol. The lowest BCUT2D eigenvalue weighted by molar-refractivity contribution is 0.446. The Morgan fingerprint density at radius 2 is 1.12 bits per heavy atom. The molecule has 8 rings (SSSR count). The maximum atomic E-state index is 12.5. The summed E-state index contributed by atoms with van der Waals surface area (Å²) >= 11 is 0. The molecule has 332 valence electrons. The van der Waals surface area contributed by atoms with Crippen molar-refractivity contribution in [3.63, 3.8) is 0 Å². The van der Waals surface area contributed by atoms with Crippen LogP contribution in [0.15, 0.2) is 140 Å². The van der Waals surface area contributed by atoms with Crippen LogP contribution in [0.3, 0.4) is 0 Å². The quantitative estimate of drug-likeness (QED) is 0.174. The van der Waals surface area contributed by atoms with Crippen molar-refractivity contribution in [2.45, 2.75) is 125 Å². The number of phenols is 1. The average Bonchev–Trinajstić information content (AvgIpc) is 3.65. The highest BCUT2D eigenvalue weighted by Crippen LogP contribution is 2.46. The fourth-order valence-corrected chi connectivity index (χ4v) is 8.94. The van der Waals surface area contributed by atoms with Gasteiger partial charge in [0.05, 0.1) is 22.3 Å². The molecule has 6 aromatic carbocycles. The molecule has 0 saturated heterocycles. The molecule has 0 saturated carbocycles. The highest BCUT2D eigenvalue weighted by atomic mass is 16.3. The second-order valence-electron chi connectivity index (χ2n) is 22.5. The Morgan fingerprint density at radius 1 is 0.477 bits per heavy atom. The molecule has 0 aliphatic rings. The Morgan fingerprint density at radius 3 is 1.75 bits per heavy atom. The summed E-state index contributed by atoms with van der Waals surface area (Å²) < 4.78 is 2.28. The van der Waals surface area contributed by atoms with E-state index in [-0.39, 0.29) is 27.4 Å². The summed E-state index contributed by atoms with van der Waals surface area (Å²) in [6, 6.07) is 48.5. The molecule has 0 atom stereocenters. The highest BCUT2D eigenvalue weighted by Gasteiger charge is 2.30. The lowest BCUT2D eigenvalue weighted by Gasteiger charge is -2.28. The number of rotatable bonds is 7. The van der Waals surface area contributed by atoms with Crippen LogP contribution in [-0.2, 0) is 21.7 Å². The second-order valence-corrected chi connectivity index (χ2v) is 22.5. The lowest BCUT2D eigenvalue weighted by Crippen LogP contribution is -2.17. The largest absolute Gasteiger partial charge is 0.507 e. The van der Waals surface area contributed by atoms with Crippen LogP contribution in [0.5, 0.6) is 5.75 Å². The lowest BCUT2D eigenvalue weighted by atomic mass is 9.78. The van der Waals surface area contributed by atoms with Gasteiger partial charge in [-0.05, 0) is 126 Å². The molecule has 0 amide bonds. The van der Waals surface area contributed by atoms with Gasteiger partial charge in [-0.25, -0.2) is 4.98 Å². The van der Waals surface area contributed by atoms with E-state index >= 15 is 0 Å². The Balaban J connectivity index is 1.41. The molecule has 0 aliphatic heterocycles. The minimum Gasteiger partial charge on any atom is -0.507 e. The number of para-hydroxylation sites is 1. The molecule has 65 heavy (non-hydrogen) atoms. The summed E-state index contributed by atoms with van der Waals surface area (Å²) in [6.07, 6.45) is 1.93. The van der Waals surface area contributed by atoms with Gasteiger partial charge in [-0.3, -0.25) is 9.55 Å². The molecule has 0 fully saturated rings. The highest BCUT2D eigenvalue weighted by molar-refractivity contribution is 5.97. The third-order valence-electron chi connectivity index (χ3n) is 12.9. The van der Waals surface area contributed by atoms with Gasteiger partial charge in [0.15, 0.2) is 0 Å². The Kier molecular flexibility index (Phi) is 11.6. The van der Waals surface area contributed by atoms with E-state index in [2.05, 4.69) is 235 Å². The topological polar surface area (TPSA) is 50.9 Å². The van der Waals surface area contributed by atoms with Crippen LogP contribution in [0.1, 0.15) is 131 Å². The van der Waals surface area contributed by atoms with Gasteiger partial charge in [0.2, 0.25) is 0 Å². The maximum Gasteiger partial charge on any atom is 0.149 e. The molecular formula is C61H67N3O. The number of fused-ring (bicyclic) bond motifs is 1. The number of hydrogen-bond donors (Lipinski definition) is 1. The molecule has 4 nitrogen and oxygen atoms in total. The van der Waals surface area contributed by atoms with Gasteiger partial charge in [-0.2, -0.15) is 0 Å². The third kappa shape index (κ3) is 9.06. The summed E-state index contributed by atoms with van der Waals surface area (Å²) in [7, 11) is 0. The first kappa shape index (κ1) is 45.3. The van der Waals surface area contributed by atoms with E-state index in [1.54, 1.807) is 0 Å². The average molecular weight is 858 g/mol. The number of benzene rings is 6. The first-order valence-electron chi connectivity index (χ1n) is 23.3. The molecule has 8 aromatic rings. The van der Waals surface area contributed by atoms with E-state index in [1.807, 2.05) is 6.20 Å². The number of aromatic hydroxyl groups is 1. The fraction of sp³-hybridized carbons (Fsp3) is 0.311. The van der Waals surface area contributed by atoms with Crippen molar-refractivity contribution in [3.05, 3.63) is 167 Å². The van der Waals surface area contributed by atoms with Gasteiger partial charge in [0, 0.05) is 28.6 Å². The van der Waals surface area contributed by atoms with E-state index in [0.717, 1.165) is 61.4 Å². The van der Waals surface area contributed by atoms with Crippen molar-refractivity contribution in [1.82, 2.24) is 14.5 Å². The van der Waals surface area contributed by atoms with E-state index in [0.29, 0.717) is 11.7 Å². The summed E-state index contributed by atoms with van der Waals surface area (Å²) in [5, 5.41) is 12.5. The third-order valence-corrected chi connectivity index (χ3v) is 12.9. The molecule has 1 N–H and O–H groups in total. The van der Waals surface area contributed by atoms with E-state index in [4.69, 9.17) is 9.97 Å². The molecule has 0 unspecified atom stereocenters. The number of pyridine rings is 1. The van der Waals surface area contributed by atoms with Crippen LogP contribution in [-0.4, -0.2) is 19.6 Å². The molecule has 0 aliphatic carbocycles. The number of nitrogens with zero attached hydrogens (tertiary/aromatic N) is 3. The number of hydrogen-bond acceptors (Lipinski definition) is 3. The Hall–Kier alpha value is -6.26. The minimum absolute atomic E-state index is 0.139. The number of aromatic nitrogens is 3. The van der Waals surface area contributed by atoms with Gasteiger partial charge in [-0.15, -0.1) is 0 Å². The smallest absolute Gasteiger partial charge is 0.149 e. The SMILES string of the molecule is CC(C)c1ccc(-c2ccnc(-c3cc(-c4cccc5c4nc(-c4cc(C(C)(C)C)cc(C(C)(C)C)c4O)n5-c4ccc(-c5ccccc5)c(C(C)(C)C)c4)cc(C(C)(C)C)c3)c2)cc1. The van der Waals surface area contributed by atoms with E-state index in [9.17, 15) is 5.11 Å². The van der Waals surface area contributed by atoms with Gasteiger partial charge >= 0.3 is 0 Å². The first-order valence-corrected chi connectivity index (χ1v) is 23.3. The monoisotopic (exact) mass is 858 g/mol. The molecule has 2 heterocycles. The van der Waals surface area contributed by atoms with Gasteiger partial charge in [-0.1, -0.05) is 182 Å². The second kappa shape index (κ2) is 16.6. The van der Waals surface area contributed by atoms with Crippen LogP contribution in [0.2, 0.25) is 0 Å². The van der Waals surface area contributed by atoms with Gasteiger partial charge in [0.1, 0.15) is 11.6 Å². The van der Waals surface area contributed by atoms with Crippen molar-refractivity contribution < 1.29 is 5.11 Å². The Labute approximate surface area is 388 Å². The van der Waals surface area contributed by atoms with Crippen LogP contribution < -0.4 is 0 Å². The predicted octanol–water partition coefficient (Wildman–Crippen LogP) is 16.8.